The van der Waals surface area contributed by atoms with Gasteiger partial charge in [0.25, 0.3) is 0 Å². The van der Waals surface area contributed by atoms with Gasteiger partial charge in [0.1, 0.15) is 0 Å². The molecule has 0 aromatic carbocycles. The highest BCUT2D eigenvalue weighted by atomic mass is 32.1. The summed E-state index contributed by atoms with van der Waals surface area (Å²) in [5.74, 6) is 0. The third-order valence-corrected chi connectivity index (χ3v) is 4.17. The van der Waals surface area contributed by atoms with Gasteiger partial charge < -0.3 is 10.6 Å². The fourth-order valence-corrected chi connectivity index (χ4v) is 2.89. The fourth-order valence-electron chi connectivity index (χ4n) is 1.96. The van der Waals surface area contributed by atoms with E-state index >= 15 is 0 Å². The van der Waals surface area contributed by atoms with Crippen LogP contribution in [-0.4, -0.2) is 24.6 Å². The lowest BCUT2D eigenvalue weighted by Crippen LogP contribution is -2.31. The Morgan fingerprint density at radius 1 is 1.67 bits per heavy atom. The van der Waals surface area contributed by atoms with Crippen molar-refractivity contribution in [1.29, 1.82) is 0 Å². The highest BCUT2D eigenvalue weighted by molar-refractivity contribution is 7.13. The van der Waals surface area contributed by atoms with Crippen molar-refractivity contribution in [2.75, 3.05) is 24.5 Å². The molecule has 2 heterocycles. The predicted molar refractivity (Wildman–Crippen MR) is 65.5 cm³/mol. The molecule has 2 N–H and O–H groups in total. The lowest BCUT2D eigenvalue weighted by atomic mass is 9.90. The third-order valence-electron chi connectivity index (χ3n) is 3.22. The molecule has 0 aliphatic carbocycles. The van der Waals surface area contributed by atoms with Crippen LogP contribution in [0.25, 0.3) is 0 Å². The zero-order valence-corrected chi connectivity index (χ0v) is 10.3. The molecule has 15 heavy (non-hydrogen) atoms. The molecular weight excluding hydrogens is 206 g/mol. The highest BCUT2D eigenvalue weighted by Gasteiger charge is 2.33. The van der Waals surface area contributed by atoms with Crippen molar-refractivity contribution in [1.82, 2.24) is 4.98 Å². The van der Waals surface area contributed by atoms with E-state index in [0.29, 0.717) is 0 Å². The standard InChI is InChI=1S/C11H19N3S/c1-3-9-6-15-10(13-9)14-5-4-11(2,7-12)8-14/h6H,3-5,7-8,12H2,1-2H3. The first-order valence-corrected chi connectivity index (χ1v) is 6.44. The molecule has 84 valence electrons. The normalized spacial score (nSPS) is 26.2. The van der Waals surface area contributed by atoms with Crippen molar-refractivity contribution in [3.05, 3.63) is 11.1 Å². The molecule has 0 saturated carbocycles. The van der Waals surface area contributed by atoms with Crippen molar-refractivity contribution < 1.29 is 0 Å². The summed E-state index contributed by atoms with van der Waals surface area (Å²) in [7, 11) is 0. The van der Waals surface area contributed by atoms with Gasteiger partial charge in [-0.05, 0) is 24.8 Å². The van der Waals surface area contributed by atoms with E-state index in [-0.39, 0.29) is 5.41 Å². The molecule has 0 radical (unpaired) electrons. The zero-order chi connectivity index (χ0) is 10.9. The van der Waals surface area contributed by atoms with Gasteiger partial charge in [-0.25, -0.2) is 4.98 Å². The van der Waals surface area contributed by atoms with Gasteiger partial charge in [-0.3, -0.25) is 0 Å². The summed E-state index contributed by atoms with van der Waals surface area (Å²) >= 11 is 1.76. The molecular formula is C11H19N3S. The Morgan fingerprint density at radius 3 is 3.00 bits per heavy atom. The number of hydrogen-bond donors (Lipinski definition) is 1. The van der Waals surface area contributed by atoms with Gasteiger partial charge in [0.05, 0.1) is 5.69 Å². The molecule has 1 aromatic rings. The minimum Gasteiger partial charge on any atom is -0.347 e. The molecule has 1 unspecified atom stereocenters. The van der Waals surface area contributed by atoms with E-state index < -0.39 is 0 Å². The van der Waals surface area contributed by atoms with Crippen molar-refractivity contribution in [3.8, 4) is 0 Å². The smallest absolute Gasteiger partial charge is 0.185 e. The van der Waals surface area contributed by atoms with Gasteiger partial charge in [-0.2, -0.15) is 0 Å². The predicted octanol–water partition coefficient (Wildman–Crippen LogP) is 1.88. The number of aryl methyl sites for hydroxylation is 1. The molecule has 0 spiro atoms. The quantitative estimate of drug-likeness (QED) is 0.854. The maximum atomic E-state index is 5.80. The number of aromatic nitrogens is 1. The summed E-state index contributed by atoms with van der Waals surface area (Å²) < 4.78 is 0. The van der Waals surface area contributed by atoms with Crippen molar-refractivity contribution in [2.24, 2.45) is 11.1 Å². The Kier molecular flexibility index (Phi) is 2.98. The van der Waals surface area contributed by atoms with Crippen molar-refractivity contribution >= 4 is 16.5 Å². The van der Waals surface area contributed by atoms with Crippen LogP contribution in [0.15, 0.2) is 5.38 Å². The molecule has 0 amide bonds. The lowest BCUT2D eigenvalue weighted by Gasteiger charge is -2.21. The summed E-state index contributed by atoms with van der Waals surface area (Å²) in [4.78, 5) is 6.99. The van der Waals surface area contributed by atoms with E-state index in [2.05, 4.69) is 29.1 Å². The average molecular weight is 225 g/mol. The zero-order valence-electron chi connectivity index (χ0n) is 9.49. The summed E-state index contributed by atoms with van der Waals surface area (Å²) in [5, 5.41) is 3.33. The Morgan fingerprint density at radius 2 is 2.47 bits per heavy atom. The summed E-state index contributed by atoms with van der Waals surface area (Å²) in [6.45, 7) is 7.34. The van der Waals surface area contributed by atoms with Crippen LogP contribution < -0.4 is 10.6 Å². The number of nitrogens with two attached hydrogens (primary N) is 1. The van der Waals surface area contributed by atoms with Crippen LogP contribution in [0.1, 0.15) is 26.0 Å². The topological polar surface area (TPSA) is 42.1 Å². The summed E-state index contributed by atoms with van der Waals surface area (Å²) in [6, 6.07) is 0. The van der Waals surface area contributed by atoms with Crippen LogP contribution in [0.5, 0.6) is 0 Å². The highest BCUT2D eigenvalue weighted by Crippen LogP contribution is 2.33. The molecule has 1 aliphatic heterocycles. The van der Waals surface area contributed by atoms with Crippen LogP contribution in [-0.2, 0) is 6.42 Å². The lowest BCUT2D eigenvalue weighted by molar-refractivity contribution is 0.383. The van der Waals surface area contributed by atoms with Gasteiger partial charge in [-0.15, -0.1) is 11.3 Å². The maximum absolute atomic E-state index is 5.80. The molecule has 1 atom stereocenters. The molecule has 1 fully saturated rings. The van der Waals surface area contributed by atoms with E-state index in [1.807, 2.05) is 0 Å². The maximum Gasteiger partial charge on any atom is 0.185 e. The van der Waals surface area contributed by atoms with E-state index in [0.717, 1.165) is 26.1 Å². The summed E-state index contributed by atoms with van der Waals surface area (Å²) in [6.07, 6.45) is 2.21. The van der Waals surface area contributed by atoms with E-state index in [1.54, 1.807) is 11.3 Å². The number of nitrogens with zero attached hydrogens (tertiary/aromatic N) is 2. The molecule has 2 rings (SSSR count). The SMILES string of the molecule is CCc1csc(N2CCC(C)(CN)C2)n1. The monoisotopic (exact) mass is 225 g/mol. The number of thiazole rings is 1. The molecule has 1 saturated heterocycles. The van der Waals surface area contributed by atoms with E-state index in [4.69, 9.17) is 5.73 Å². The second-order valence-electron chi connectivity index (χ2n) is 4.66. The van der Waals surface area contributed by atoms with Gasteiger partial charge in [0.2, 0.25) is 0 Å². The largest absolute Gasteiger partial charge is 0.347 e. The molecule has 0 bridgehead atoms. The van der Waals surface area contributed by atoms with Gasteiger partial charge in [0.15, 0.2) is 5.13 Å². The minimum atomic E-state index is 0.290. The van der Waals surface area contributed by atoms with Crippen LogP contribution in [0.4, 0.5) is 5.13 Å². The second kappa shape index (κ2) is 4.10. The second-order valence-corrected chi connectivity index (χ2v) is 5.50. The first-order chi connectivity index (χ1) is 7.17. The molecule has 1 aliphatic rings. The van der Waals surface area contributed by atoms with Gasteiger partial charge in [-0.1, -0.05) is 13.8 Å². The molecule has 3 nitrogen and oxygen atoms in total. The Bertz CT molecular complexity index is 336. The first kappa shape index (κ1) is 10.9. The number of rotatable bonds is 3. The van der Waals surface area contributed by atoms with Gasteiger partial charge >= 0.3 is 0 Å². The average Bonchev–Trinajstić information content (AvgIpc) is 2.84. The Labute approximate surface area is 95.3 Å². The van der Waals surface area contributed by atoms with Crippen LogP contribution >= 0.6 is 11.3 Å². The fraction of sp³-hybridized carbons (Fsp3) is 0.727. The van der Waals surface area contributed by atoms with Crippen LogP contribution in [0.2, 0.25) is 0 Å². The number of hydrogen-bond acceptors (Lipinski definition) is 4. The van der Waals surface area contributed by atoms with Crippen LogP contribution in [0.3, 0.4) is 0 Å². The molecule has 4 heteroatoms. The van der Waals surface area contributed by atoms with E-state index in [9.17, 15) is 0 Å². The summed E-state index contributed by atoms with van der Waals surface area (Å²) in [5.41, 5.74) is 7.29. The number of anilines is 1. The van der Waals surface area contributed by atoms with Crippen LogP contribution in [0, 0.1) is 5.41 Å². The Hall–Kier alpha value is -0.610. The Balaban J connectivity index is 2.07. The van der Waals surface area contributed by atoms with E-state index in [1.165, 1.54) is 17.2 Å². The minimum absolute atomic E-state index is 0.290. The van der Waals surface area contributed by atoms with Gasteiger partial charge in [0, 0.05) is 18.5 Å². The third kappa shape index (κ3) is 2.16. The van der Waals surface area contributed by atoms with Crippen molar-refractivity contribution in [3.63, 3.8) is 0 Å². The van der Waals surface area contributed by atoms with Crippen molar-refractivity contribution in [2.45, 2.75) is 26.7 Å². The first-order valence-electron chi connectivity index (χ1n) is 5.56. The molecule has 1 aromatic heterocycles.